The van der Waals surface area contributed by atoms with Crippen LogP contribution < -0.4 is 5.32 Å². The van der Waals surface area contributed by atoms with Gasteiger partial charge in [-0.1, -0.05) is 62.2 Å². The zero-order valence-electron chi connectivity index (χ0n) is 12.0. The number of halogens is 2. The number of nitrogens with one attached hydrogen (secondary N) is 1. The van der Waals surface area contributed by atoms with Gasteiger partial charge in [-0.2, -0.15) is 0 Å². The number of hydrogen-bond donors (Lipinski definition) is 1. The Morgan fingerprint density at radius 1 is 1.19 bits per heavy atom. The molecule has 2 aromatic carbocycles. The number of hydrogen-bond acceptors (Lipinski definition) is 1. The van der Waals surface area contributed by atoms with Crippen molar-refractivity contribution < 1.29 is 4.79 Å². The van der Waals surface area contributed by atoms with Gasteiger partial charge in [-0.25, -0.2) is 0 Å². The molecule has 0 aliphatic rings. The second-order valence-electron chi connectivity index (χ2n) is 5.30. The van der Waals surface area contributed by atoms with Crippen LogP contribution in [0, 0.1) is 6.92 Å². The molecule has 0 spiro atoms. The highest BCUT2D eigenvalue weighted by atomic mass is 79.9. The Morgan fingerprint density at radius 3 is 2.43 bits per heavy atom. The van der Waals surface area contributed by atoms with E-state index >= 15 is 0 Å². The van der Waals surface area contributed by atoms with Crippen molar-refractivity contribution in [3.63, 3.8) is 0 Å². The van der Waals surface area contributed by atoms with E-state index in [1.54, 1.807) is 0 Å². The lowest BCUT2D eigenvalue weighted by atomic mass is 9.93. The molecule has 4 heteroatoms. The summed E-state index contributed by atoms with van der Waals surface area (Å²) >= 11 is 6.95. The molecule has 2 aromatic rings. The molecule has 21 heavy (non-hydrogen) atoms. The Morgan fingerprint density at radius 2 is 1.86 bits per heavy atom. The first kappa shape index (κ1) is 16.2. The van der Waals surface area contributed by atoms with Gasteiger partial charge in [0.25, 0.3) is 5.91 Å². The molecule has 0 saturated carbocycles. The van der Waals surface area contributed by atoms with Crippen LogP contribution in [0.15, 0.2) is 53.0 Å². The number of carbonyl (C=O) groups is 1. The molecule has 1 unspecified atom stereocenters. The third kappa shape index (κ3) is 3.95. The van der Waals surface area contributed by atoms with Crippen LogP contribution in [0.1, 0.15) is 28.4 Å². The molecule has 1 N–H and O–H groups in total. The summed E-state index contributed by atoms with van der Waals surface area (Å²) in [5, 5.41) is 3.77. The first-order chi connectivity index (χ1) is 9.94. The zero-order valence-corrected chi connectivity index (χ0v) is 15.2. The van der Waals surface area contributed by atoms with Crippen LogP contribution in [0.3, 0.4) is 0 Å². The van der Waals surface area contributed by atoms with E-state index in [0.29, 0.717) is 10.9 Å². The van der Waals surface area contributed by atoms with Crippen molar-refractivity contribution in [2.45, 2.75) is 19.4 Å². The third-order valence-corrected chi connectivity index (χ3v) is 4.95. The van der Waals surface area contributed by atoms with Gasteiger partial charge in [-0.05, 0) is 43.2 Å². The maximum Gasteiger partial charge on any atom is 0.252 e. The van der Waals surface area contributed by atoms with Crippen LogP contribution in [0.4, 0.5) is 0 Å². The van der Waals surface area contributed by atoms with Crippen molar-refractivity contribution in [1.29, 1.82) is 0 Å². The van der Waals surface area contributed by atoms with Crippen LogP contribution in [0.25, 0.3) is 0 Å². The van der Waals surface area contributed by atoms with E-state index in [4.69, 9.17) is 0 Å². The standard InChI is InChI=1S/C17H17Br2NO/c1-12-8-13(10-15(19)9-12)16(21)20-17(2,11-18)14-6-4-3-5-7-14/h3-10H,11H2,1-2H3,(H,20,21). The summed E-state index contributed by atoms with van der Waals surface area (Å²) in [6.07, 6.45) is 0. The predicted octanol–water partition coefficient (Wildman–Crippen LogP) is 4.80. The number of carbonyl (C=O) groups excluding carboxylic acids is 1. The fourth-order valence-electron chi connectivity index (χ4n) is 2.18. The number of amides is 1. The fraction of sp³-hybridized carbons (Fsp3) is 0.235. The molecule has 110 valence electrons. The maximum absolute atomic E-state index is 12.5. The fourth-order valence-corrected chi connectivity index (χ4v) is 3.25. The van der Waals surface area contributed by atoms with Gasteiger partial charge in [-0.15, -0.1) is 0 Å². The summed E-state index contributed by atoms with van der Waals surface area (Å²) in [6.45, 7) is 3.99. The minimum absolute atomic E-state index is 0.0785. The van der Waals surface area contributed by atoms with Gasteiger partial charge in [0, 0.05) is 15.4 Å². The van der Waals surface area contributed by atoms with Gasteiger partial charge in [-0.3, -0.25) is 4.79 Å². The number of benzene rings is 2. The second kappa shape index (κ2) is 6.75. The average Bonchev–Trinajstić information content (AvgIpc) is 2.47. The van der Waals surface area contributed by atoms with Gasteiger partial charge < -0.3 is 5.32 Å². The monoisotopic (exact) mass is 409 g/mol. The Kier molecular flexibility index (Phi) is 5.22. The highest BCUT2D eigenvalue weighted by Gasteiger charge is 2.27. The number of alkyl halides is 1. The van der Waals surface area contributed by atoms with E-state index in [0.717, 1.165) is 15.6 Å². The quantitative estimate of drug-likeness (QED) is 0.720. The highest BCUT2D eigenvalue weighted by molar-refractivity contribution is 9.10. The van der Waals surface area contributed by atoms with E-state index in [1.165, 1.54) is 0 Å². The molecule has 1 amide bonds. The molecule has 1 atom stereocenters. The lowest BCUT2D eigenvalue weighted by Crippen LogP contribution is -2.44. The van der Waals surface area contributed by atoms with Crippen LogP contribution in [-0.4, -0.2) is 11.2 Å². The molecule has 0 radical (unpaired) electrons. The Balaban J connectivity index is 2.28. The normalized spacial score (nSPS) is 13.5. The molecule has 0 fully saturated rings. The van der Waals surface area contributed by atoms with Crippen LogP contribution in [0.2, 0.25) is 0 Å². The van der Waals surface area contributed by atoms with Gasteiger partial charge in [0.1, 0.15) is 0 Å². The largest absolute Gasteiger partial charge is 0.342 e. The summed E-state index contributed by atoms with van der Waals surface area (Å²) in [4.78, 5) is 12.5. The van der Waals surface area contributed by atoms with Crippen LogP contribution >= 0.6 is 31.9 Å². The SMILES string of the molecule is Cc1cc(Br)cc(C(=O)NC(C)(CBr)c2ccccc2)c1. The highest BCUT2D eigenvalue weighted by Crippen LogP contribution is 2.24. The minimum atomic E-state index is -0.450. The van der Waals surface area contributed by atoms with Crippen molar-refractivity contribution in [2.24, 2.45) is 0 Å². The lowest BCUT2D eigenvalue weighted by Gasteiger charge is -2.29. The lowest BCUT2D eigenvalue weighted by molar-refractivity contribution is 0.0914. The smallest absolute Gasteiger partial charge is 0.252 e. The predicted molar refractivity (Wildman–Crippen MR) is 93.9 cm³/mol. The number of rotatable bonds is 4. The van der Waals surface area contributed by atoms with Crippen LogP contribution in [-0.2, 0) is 5.54 Å². The van der Waals surface area contributed by atoms with Crippen molar-refractivity contribution in [3.05, 3.63) is 69.7 Å². The molecule has 0 aliphatic carbocycles. The summed E-state index contributed by atoms with van der Waals surface area (Å²) in [5.41, 5.74) is 2.33. The molecule has 2 rings (SSSR count). The van der Waals surface area contributed by atoms with E-state index in [1.807, 2.05) is 62.4 Å². The zero-order chi connectivity index (χ0) is 15.5. The Labute approximate surface area is 142 Å². The topological polar surface area (TPSA) is 29.1 Å². The minimum Gasteiger partial charge on any atom is -0.342 e. The van der Waals surface area contributed by atoms with Gasteiger partial charge in [0.05, 0.1) is 5.54 Å². The van der Waals surface area contributed by atoms with E-state index in [-0.39, 0.29) is 5.91 Å². The molecule has 0 heterocycles. The summed E-state index contributed by atoms with van der Waals surface area (Å²) in [5.74, 6) is -0.0785. The maximum atomic E-state index is 12.5. The van der Waals surface area contributed by atoms with E-state index in [9.17, 15) is 4.79 Å². The second-order valence-corrected chi connectivity index (χ2v) is 6.78. The summed E-state index contributed by atoms with van der Waals surface area (Å²) in [7, 11) is 0. The first-order valence-corrected chi connectivity index (χ1v) is 8.57. The first-order valence-electron chi connectivity index (χ1n) is 6.66. The van der Waals surface area contributed by atoms with Gasteiger partial charge in [0.2, 0.25) is 0 Å². The summed E-state index contributed by atoms with van der Waals surface area (Å²) in [6, 6.07) is 15.7. The number of aryl methyl sites for hydroxylation is 1. The van der Waals surface area contributed by atoms with E-state index < -0.39 is 5.54 Å². The van der Waals surface area contributed by atoms with Crippen molar-refractivity contribution in [1.82, 2.24) is 5.32 Å². The molecule has 0 bridgehead atoms. The Hall–Kier alpha value is -1.13. The molecule has 0 aromatic heterocycles. The third-order valence-electron chi connectivity index (χ3n) is 3.37. The molecule has 0 aliphatic heterocycles. The van der Waals surface area contributed by atoms with Crippen molar-refractivity contribution in [3.8, 4) is 0 Å². The molecular formula is C17H17Br2NO. The molecule has 2 nitrogen and oxygen atoms in total. The molecular weight excluding hydrogens is 394 g/mol. The average molecular weight is 411 g/mol. The van der Waals surface area contributed by atoms with Crippen LogP contribution in [0.5, 0.6) is 0 Å². The van der Waals surface area contributed by atoms with E-state index in [2.05, 4.69) is 37.2 Å². The molecule has 0 saturated heterocycles. The summed E-state index contributed by atoms with van der Waals surface area (Å²) < 4.78 is 0.910. The Bertz CT molecular complexity index is 622. The van der Waals surface area contributed by atoms with Crippen molar-refractivity contribution >= 4 is 37.8 Å². The van der Waals surface area contributed by atoms with Gasteiger partial charge in [0.15, 0.2) is 0 Å². The van der Waals surface area contributed by atoms with Crippen molar-refractivity contribution in [2.75, 3.05) is 5.33 Å². The van der Waals surface area contributed by atoms with Gasteiger partial charge >= 0.3 is 0 Å².